The van der Waals surface area contributed by atoms with Crippen LogP contribution in [0.5, 0.6) is 5.75 Å². The van der Waals surface area contributed by atoms with Gasteiger partial charge in [-0.15, -0.1) is 0 Å². The summed E-state index contributed by atoms with van der Waals surface area (Å²) in [6.45, 7) is 6.04. The molecule has 1 aliphatic carbocycles. The molecule has 3 aliphatic rings. The number of amides is 2. The number of piperidine rings is 2. The molecule has 0 saturated carbocycles. The highest BCUT2D eigenvalue weighted by molar-refractivity contribution is 6.01. The van der Waals surface area contributed by atoms with Gasteiger partial charge in [0.25, 0.3) is 5.91 Å². The maximum absolute atomic E-state index is 16.3. The zero-order valence-electron chi connectivity index (χ0n) is 22.2. The Labute approximate surface area is 222 Å². The van der Waals surface area contributed by atoms with Crippen LogP contribution in [-0.4, -0.2) is 72.3 Å². The Hall–Kier alpha value is -2.81. The Kier molecular flexibility index (Phi) is 8.55. The number of nitrogens with zero attached hydrogens (tertiary/aromatic N) is 2. The molecular weight excluding hydrogens is 495 g/mol. The fraction of sp³-hybridized carbons (Fsp3) is 0.586. The highest BCUT2D eigenvalue weighted by Crippen LogP contribution is 2.41. The van der Waals surface area contributed by atoms with E-state index >= 15 is 8.78 Å². The molecule has 4 rings (SSSR count). The molecule has 2 heterocycles. The summed E-state index contributed by atoms with van der Waals surface area (Å²) >= 11 is 0. The molecule has 0 radical (unpaired) electrons. The van der Waals surface area contributed by atoms with Crippen molar-refractivity contribution in [1.29, 1.82) is 0 Å². The first-order valence-electron chi connectivity index (χ1n) is 13.5. The number of nitrogens with two attached hydrogens (primary N) is 1. The molecular formula is C29H38F3N3O3. The van der Waals surface area contributed by atoms with Crippen LogP contribution in [0.25, 0.3) is 5.57 Å². The minimum atomic E-state index is -2.40. The second-order valence-electron chi connectivity index (χ2n) is 11.4. The lowest BCUT2D eigenvalue weighted by molar-refractivity contribution is -0.142. The molecule has 2 aliphatic heterocycles. The van der Waals surface area contributed by atoms with Gasteiger partial charge in [-0.05, 0) is 70.7 Å². The number of carbonyl (C=O) groups excluding carboxylic acids is 2. The molecule has 9 heteroatoms. The smallest absolute Gasteiger partial charge is 0.265 e. The normalized spacial score (nSPS) is 23.8. The van der Waals surface area contributed by atoms with Crippen molar-refractivity contribution in [2.24, 2.45) is 17.6 Å². The van der Waals surface area contributed by atoms with Crippen molar-refractivity contribution in [1.82, 2.24) is 9.80 Å². The molecule has 6 nitrogen and oxygen atoms in total. The van der Waals surface area contributed by atoms with Gasteiger partial charge in [-0.25, -0.2) is 13.2 Å². The summed E-state index contributed by atoms with van der Waals surface area (Å²) in [7, 11) is 0. The third-order valence-corrected chi connectivity index (χ3v) is 7.77. The monoisotopic (exact) mass is 533 g/mol. The van der Waals surface area contributed by atoms with Crippen LogP contribution in [0.1, 0.15) is 51.5 Å². The predicted molar refractivity (Wildman–Crippen MR) is 140 cm³/mol. The summed E-state index contributed by atoms with van der Waals surface area (Å²) in [5.74, 6) is -1.49. The summed E-state index contributed by atoms with van der Waals surface area (Å²) < 4.78 is 51.4. The van der Waals surface area contributed by atoms with Crippen molar-refractivity contribution in [3.8, 4) is 5.75 Å². The van der Waals surface area contributed by atoms with E-state index in [1.807, 2.05) is 0 Å². The number of rotatable bonds is 8. The fourth-order valence-electron chi connectivity index (χ4n) is 5.62. The first-order chi connectivity index (χ1) is 18.0. The number of primary amides is 1. The number of benzene rings is 1. The fourth-order valence-corrected chi connectivity index (χ4v) is 5.62. The molecule has 0 spiro atoms. The molecule has 0 aromatic heterocycles. The van der Waals surface area contributed by atoms with Gasteiger partial charge in [0, 0.05) is 49.2 Å². The molecule has 38 heavy (non-hydrogen) atoms. The second kappa shape index (κ2) is 11.5. The van der Waals surface area contributed by atoms with E-state index in [1.165, 1.54) is 23.1 Å². The highest BCUT2D eigenvalue weighted by atomic mass is 19.1. The highest BCUT2D eigenvalue weighted by Gasteiger charge is 2.47. The van der Waals surface area contributed by atoms with Crippen molar-refractivity contribution >= 4 is 17.4 Å². The lowest BCUT2D eigenvalue weighted by Crippen LogP contribution is -2.51. The van der Waals surface area contributed by atoms with Gasteiger partial charge in [0.2, 0.25) is 11.6 Å². The molecule has 208 valence electrons. The molecule has 1 atom stereocenters. The molecule has 2 N–H and O–H groups in total. The lowest BCUT2D eigenvalue weighted by Gasteiger charge is -2.37. The Morgan fingerprint density at radius 1 is 1.13 bits per heavy atom. The number of ether oxygens (including phenoxy) is 1. The number of hydrogen-bond acceptors (Lipinski definition) is 4. The molecule has 2 fully saturated rings. The van der Waals surface area contributed by atoms with Crippen LogP contribution in [0, 0.1) is 17.7 Å². The van der Waals surface area contributed by atoms with E-state index in [4.69, 9.17) is 10.5 Å². The van der Waals surface area contributed by atoms with Crippen molar-refractivity contribution in [2.45, 2.75) is 57.3 Å². The van der Waals surface area contributed by atoms with Crippen LogP contribution in [0.3, 0.4) is 0 Å². The summed E-state index contributed by atoms with van der Waals surface area (Å²) in [5.41, 5.74) is 1.74. The number of alkyl halides is 2. The first kappa shape index (κ1) is 28.2. The van der Waals surface area contributed by atoms with E-state index in [0.717, 1.165) is 25.9 Å². The Morgan fingerprint density at radius 3 is 2.42 bits per heavy atom. The van der Waals surface area contributed by atoms with Crippen molar-refractivity contribution in [3.05, 3.63) is 47.8 Å². The molecule has 2 saturated heterocycles. The predicted octanol–water partition coefficient (Wildman–Crippen LogP) is 4.44. The van der Waals surface area contributed by atoms with Gasteiger partial charge in [0.05, 0.1) is 6.61 Å². The molecule has 1 aromatic carbocycles. The van der Waals surface area contributed by atoms with Crippen LogP contribution in [-0.2, 0) is 9.59 Å². The van der Waals surface area contributed by atoms with E-state index < -0.39 is 29.0 Å². The van der Waals surface area contributed by atoms with Crippen LogP contribution in [0.4, 0.5) is 13.2 Å². The topological polar surface area (TPSA) is 75.9 Å². The average molecular weight is 534 g/mol. The van der Waals surface area contributed by atoms with Crippen LogP contribution in [0.15, 0.2) is 36.4 Å². The third kappa shape index (κ3) is 6.60. The van der Waals surface area contributed by atoms with Gasteiger partial charge >= 0.3 is 0 Å². The van der Waals surface area contributed by atoms with E-state index in [0.29, 0.717) is 31.7 Å². The van der Waals surface area contributed by atoms with Gasteiger partial charge in [0.1, 0.15) is 17.2 Å². The number of hydrogen-bond donors (Lipinski definition) is 1. The number of carbonyl (C=O) groups is 2. The summed E-state index contributed by atoms with van der Waals surface area (Å²) in [4.78, 5) is 28.2. The summed E-state index contributed by atoms with van der Waals surface area (Å²) in [5, 5.41) is 0. The van der Waals surface area contributed by atoms with Crippen LogP contribution >= 0.6 is 0 Å². The van der Waals surface area contributed by atoms with E-state index in [2.05, 4.69) is 4.90 Å². The zero-order chi connectivity index (χ0) is 27.5. The van der Waals surface area contributed by atoms with Crippen LogP contribution in [0.2, 0.25) is 0 Å². The summed E-state index contributed by atoms with van der Waals surface area (Å²) in [6, 6.07) is 4.29. The maximum atomic E-state index is 16.3. The van der Waals surface area contributed by atoms with Crippen molar-refractivity contribution < 1.29 is 27.5 Å². The van der Waals surface area contributed by atoms with Crippen molar-refractivity contribution in [2.75, 3.05) is 39.3 Å². The van der Waals surface area contributed by atoms with E-state index in [1.54, 1.807) is 32.1 Å². The van der Waals surface area contributed by atoms with Crippen LogP contribution < -0.4 is 10.5 Å². The van der Waals surface area contributed by atoms with Gasteiger partial charge < -0.3 is 20.3 Å². The Bertz CT molecular complexity index is 1080. The molecule has 1 aromatic rings. The minimum absolute atomic E-state index is 0.0192. The largest absolute Gasteiger partial charge is 0.493 e. The molecule has 2 amide bonds. The standard InChI is InChI=1S/C29H38F3N3O3/c1-28(2,31)19-34-13-8-20(9-14-34)18-38-22-6-7-23(25(30)17-22)24-5-3-4-12-29(24,32)27(37)35-15-10-21(11-16-35)26(33)36/h3-7,17,20-21H,8-16,18-19H2,1-2H3,(H2,33,36). The van der Waals surface area contributed by atoms with Gasteiger partial charge in [-0.3, -0.25) is 9.59 Å². The maximum Gasteiger partial charge on any atom is 0.265 e. The zero-order valence-corrected chi connectivity index (χ0v) is 22.2. The first-order valence-corrected chi connectivity index (χ1v) is 13.5. The van der Waals surface area contributed by atoms with Crippen molar-refractivity contribution in [3.63, 3.8) is 0 Å². The number of halogens is 3. The lowest BCUT2D eigenvalue weighted by atomic mass is 9.82. The van der Waals surface area contributed by atoms with Gasteiger partial charge in [0.15, 0.2) is 0 Å². The molecule has 0 bridgehead atoms. The van der Waals surface area contributed by atoms with Gasteiger partial charge in [-0.2, -0.15) is 0 Å². The summed E-state index contributed by atoms with van der Waals surface area (Å²) in [6.07, 6.45) is 6.97. The SMILES string of the molecule is CC(C)(F)CN1CCC(COc2ccc(C3=CC=CCC3(F)C(=O)N3CCC(C(N)=O)CC3)c(F)c2)CC1. The van der Waals surface area contributed by atoms with E-state index in [9.17, 15) is 14.0 Å². The number of likely N-dealkylation sites (tertiary alicyclic amines) is 2. The third-order valence-electron chi connectivity index (χ3n) is 7.77. The number of allylic oxidation sites excluding steroid dienone is 3. The Morgan fingerprint density at radius 2 is 1.82 bits per heavy atom. The van der Waals surface area contributed by atoms with E-state index in [-0.39, 0.29) is 42.5 Å². The second-order valence-corrected chi connectivity index (χ2v) is 11.4. The average Bonchev–Trinajstić information content (AvgIpc) is 2.87. The Balaban J connectivity index is 1.38. The molecule has 1 unspecified atom stereocenters. The minimum Gasteiger partial charge on any atom is -0.493 e. The quantitative estimate of drug-likeness (QED) is 0.536. The van der Waals surface area contributed by atoms with Gasteiger partial charge in [-0.1, -0.05) is 18.2 Å².